The average molecular weight is 1170 g/mol. The largest absolute Gasteiger partial charge is 0.478 e. The second kappa shape index (κ2) is 40.3. The number of terminal acetylenes is 1. The highest BCUT2D eigenvalue weighted by molar-refractivity contribution is 5.86. The number of nitrogens with two attached hydrogens (primary N) is 4. The first-order valence-corrected chi connectivity index (χ1v) is 26.5. The lowest BCUT2D eigenvalue weighted by Crippen LogP contribution is -2.60. The standard InChI is InChI=1S/C50H83N11O21/c1-4-16-75-18-20-77-22-23-78-21-19-76-17-11-40(70)61(14-9-5-7-12-55-38(68)28-79-43(34(66)26-62)45-41(57-30(2)64)32(59-49(51)52)24-36(81-45)47(71)72)15-10-6-8-13-56-39(69)29-80-44(35(67)27-63)46-42(58-31(3)65)33(60-50(53)54)25-37(82-46)48(73)74/h1,24-25,32-35,41-46,62-63,66-67H,5-23,26-29H2,2-3H3,(H,55,68)(H,56,69)(H,57,64)(H,58,65)(H,71,72)(H,73,74)(H4,51,52,59)(H4,53,54,60)/t32-,33-,34+,35+,41+,42+,43+,44+,45+,46+/m0/s1. The van der Waals surface area contributed by atoms with Crippen LogP contribution in [0.2, 0.25) is 0 Å². The molecule has 464 valence electrons. The summed E-state index contributed by atoms with van der Waals surface area (Å²) >= 11 is 0. The lowest BCUT2D eigenvalue weighted by atomic mass is 9.92. The van der Waals surface area contributed by atoms with Crippen molar-refractivity contribution in [1.82, 2.24) is 26.2 Å². The van der Waals surface area contributed by atoms with E-state index in [9.17, 15) is 64.2 Å². The third-order valence-electron chi connectivity index (χ3n) is 11.9. The number of guanidine groups is 2. The van der Waals surface area contributed by atoms with E-state index in [0.717, 1.165) is 12.2 Å². The maximum Gasteiger partial charge on any atom is 0.370 e. The van der Waals surface area contributed by atoms with Gasteiger partial charge in [0.05, 0.1) is 90.1 Å². The molecule has 0 radical (unpaired) electrons. The number of carbonyl (C=O) groups excluding carboxylic acids is 5. The number of ether oxygens (including phenoxy) is 8. The highest BCUT2D eigenvalue weighted by Crippen LogP contribution is 2.28. The van der Waals surface area contributed by atoms with Crippen LogP contribution >= 0.6 is 0 Å². The molecule has 82 heavy (non-hydrogen) atoms. The van der Waals surface area contributed by atoms with E-state index in [4.69, 9.17) is 67.3 Å². The minimum atomic E-state index is -1.72. The first kappa shape index (κ1) is 71.2. The fourth-order valence-corrected chi connectivity index (χ4v) is 8.23. The summed E-state index contributed by atoms with van der Waals surface area (Å²) in [6.45, 7) is 2.50. The van der Waals surface area contributed by atoms with Crippen LogP contribution in [0.1, 0.15) is 58.8 Å². The van der Waals surface area contributed by atoms with Crippen LogP contribution in [0.3, 0.4) is 0 Å². The van der Waals surface area contributed by atoms with Crippen molar-refractivity contribution >= 4 is 53.4 Å². The molecule has 32 nitrogen and oxygen atoms in total. The number of aliphatic carboxylic acids is 2. The molecule has 0 aromatic carbocycles. The molecule has 18 N–H and O–H groups in total. The van der Waals surface area contributed by atoms with Crippen LogP contribution in [-0.2, 0) is 71.5 Å². The van der Waals surface area contributed by atoms with Crippen LogP contribution in [0.4, 0.5) is 0 Å². The van der Waals surface area contributed by atoms with Gasteiger partial charge in [-0.1, -0.05) is 5.92 Å². The van der Waals surface area contributed by atoms with E-state index < -0.39 is 146 Å². The quantitative estimate of drug-likeness (QED) is 0.0117. The number of nitrogens with one attached hydrogen (secondary N) is 4. The summed E-state index contributed by atoms with van der Waals surface area (Å²) in [6, 6.07) is -4.81. The zero-order chi connectivity index (χ0) is 61.0. The topological polar surface area (TPSA) is 495 Å². The summed E-state index contributed by atoms with van der Waals surface area (Å²) in [5.41, 5.74) is 22.2. The first-order valence-electron chi connectivity index (χ1n) is 26.5. The molecular formula is C50H83N11O21. The summed E-state index contributed by atoms with van der Waals surface area (Å²) < 4.78 is 44.2. The van der Waals surface area contributed by atoms with E-state index in [0.29, 0.717) is 78.0 Å². The number of unbranched alkanes of at least 4 members (excludes halogenated alkanes) is 4. The second-order valence-electron chi connectivity index (χ2n) is 18.5. The Hall–Kier alpha value is -6.93. The van der Waals surface area contributed by atoms with E-state index in [1.165, 1.54) is 13.8 Å². The Kier molecular flexibility index (Phi) is 35.0. The molecule has 2 rings (SSSR count). The molecule has 0 aliphatic carbocycles. The molecule has 0 aromatic rings. The van der Waals surface area contributed by atoms with Crippen molar-refractivity contribution in [3.05, 3.63) is 23.7 Å². The number of aliphatic hydroxyl groups is 4. The molecule has 0 aromatic heterocycles. The minimum absolute atomic E-state index is 0.0748. The molecule has 0 spiro atoms. The van der Waals surface area contributed by atoms with Crippen molar-refractivity contribution in [2.45, 2.75) is 120 Å². The fourth-order valence-electron chi connectivity index (χ4n) is 8.23. The van der Waals surface area contributed by atoms with Crippen molar-refractivity contribution in [2.24, 2.45) is 32.9 Å². The SMILES string of the molecule is C#CCOCCOCCOCCOCCC(=O)N(CCCCCNC(=O)CO[C@@H]([C@@H]1OC(C(=O)O)=C[C@H](N=C(N)N)[C@H]1NC(C)=O)[C@H](O)CO)CCCCCNC(=O)CO[C@@H]([C@@H]1OC(C(=O)O)=C[C@H](N=C(N)N)[C@H]1NC(C)=O)[C@H](O)CO. The number of hydrogen-bond donors (Lipinski definition) is 14. The second-order valence-corrected chi connectivity index (χ2v) is 18.5. The Balaban J connectivity index is 1.98. The monoisotopic (exact) mass is 1170 g/mol. The number of amides is 5. The van der Waals surface area contributed by atoms with Gasteiger partial charge in [-0.05, 0) is 50.7 Å². The van der Waals surface area contributed by atoms with Gasteiger partial charge in [0, 0.05) is 40.0 Å². The van der Waals surface area contributed by atoms with Gasteiger partial charge in [0.25, 0.3) is 0 Å². The van der Waals surface area contributed by atoms with Gasteiger partial charge in [0.15, 0.2) is 24.1 Å². The lowest BCUT2D eigenvalue weighted by molar-refractivity contribution is -0.158. The first-order chi connectivity index (χ1) is 39.1. The predicted molar refractivity (Wildman–Crippen MR) is 288 cm³/mol. The molecule has 2 heterocycles. The zero-order valence-electron chi connectivity index (χ0n) is 46.2. The average Bonchev–Trinajstić information content (AvgIpc) is 3.62. The molecule has 2 aliphatic rings. The molecular weight excluding hydrogens is 1090 g/mol. The molecule has 0 saturated carbocycles. The maximum atomic E-state index is 13.5. The van der Waals surface area contributed by atoms with Crippen molar-refractivity contribution in [2.75, 3.05) is 105 Å². The number of hydrogen-bond acceptors (Lipinski definition) is 21. The predicted octanol–water partition coefficient (Wildman–Crippen LogP) is -6.02. The van der Waals surface area contributed by atoms with Crippen LogP contribution in [0.15, 0.2) is 33.7 Å². The van der Waals surface area contributed by atoms with Crippen LogP contribution in [0, 0.1) is 12.3 Å². The number of carbonyl (C=O) groups is 7. The number of nitrogens with zero attached hydrogens (tertiary/aromatic N) is 3. The number of carboxylic acids is 2. The van der Waals surface area contributed by atoms with Gasteiger partial charge in [-0.15, -0.1) is 6.42 Å². The van der Waals surface area contributed by atoms with E-state index in [1.54, 1.807) is 4.90 Å². The van der Waals surface area contributed by atoms with Crippen molar-refractivity contribution in [3.63, 3.8) is 0 Å². The highest BCUT2D eigenvalue weighted by atomic mass is 16.6. The van der Waals surface area contributed by atoms with Crippen LogP contribution in [-0.4, -0.2) is 255 Å². The summed E-state index contributed by atoms with van der Waals surface area (Å²) in [6.07, 6.45) is 0.894. The van der Waals surface area contributed by atoms with Crippen LogP contribution in [0.5, 0.6) is 0 Å². The molecule has 0 fully saturated rings. The van der Waals surface area contributed by atoms with Gasteiger partial charge in [0.1, 0.15) is 44.2 Å². The Morgan fingerprint density at radius 1 is 0.634 bits per heavy atom. The summed E-state index contributed by atoms with van der Waals surface area (Å²) in [5.74, 6) is -5.50. The van der Waals surface area contributed by atoms with Crippen molar-refractivity contribution < 1.29 is 102 Å². The zero-order valence-corrected chi connectivity index (χ0v) is 46.2. The normalized spacial score (nSPS) is 19.8. The van der Waals surface area contributed by atoms with Crippen LogP contribution in [0.25, 0.3) is 0 Å². The molecule has 5 amide bonds. The van der Waals surface area contributed by atoms with E-state index in [1.807, 2.05) is 0 Å². The van der Waals surface area contributed by atoms with E-state index in [2.05, 4.69) is 37.2 Å². The van der Waals surface area contributed by atoms with E-state index >= 15 is 0 Å². The van der Waals surface area contributed by atoms with Crippen molar-refractivity contribution in [3.8, 4) is 12.3 Å². The Morgan fingerprint density at radius 3 is 1.38 bits per heavy atom. The molecule has 0 unspecified atom stereocenters. The minimum Gasteiger partial charge on any atom is -0.478 e. The van der Waals surface area contributed by atoms with Crippen LogP contribution < -0.4 is 44.2 Å². The molecule has 0 bridgehead atoms. The Morgan fingerprint density at radius 2 is 1.02 bits per heavy atom. The fraction of sp³-hybridized carbons (Fsp3) is 0.700. The Labute approximate surface area is 474 Å². The number of rotatable bonds is 43. The molecule has 0 saturated heterocycles. The third-order valence-corrected chi connectivity index (χ3v) is 11.9. The third kappa shape index (κ3) is 28.2. The summed E-state index contributed by atoms with van der Waals surface area (Å²) in [4.78, 5) is 97.2. The summed E-state index contributed by atoms with van der Waals surface area (Å²) in [7, 11) is 0. The van der Waals surface area contributed by atoms with Gasteiger partial charge in [-0.25, -0.2) is 19.6 Å². The highest BCUT2D eigenvalue weighted by Gasteiger charge is 2.47. The molecule has 10 atom stereocenters. The summed E-state index contributed by atoms with van der Waals surface area (Å²) in [5, 5.41) is 71.0. The maximum absolute atomic E-state index is 13.5. The number of aliphatic imine (C=N–C) groups is 2. The smallest absolute Gasteiger partial charge is 0.370 e. The number of carboxylic acid groups (broad SMARTS) is 2. The van der Waals surface area contributed by atoms with Gasteiger partial charge in [-0.3, -0.25) is 24.0 Å². The molecule has 32 heteroatoms. The number of aliphatic hydroxyl groups excluding tert-OH is 4. The van der Waals surface area contributed by atoms with Crippen molar-refractivity contribution in [1.29, 1.82) is 0 Å². The Bertz CT molecular complexity index is 2050. The van der Waals surface area contributed by atoms with Gasteiger partial charge >= 0.3 is 11.9 Å². The lowest BCUT2D eigenvalue weighted by Gasteiger charge is -2.40. The molecule has 2 aliphatic heterocycles. The van der Waals surface area contributed by atoms with Gasteiger partial charge < -0.3 is 118 Å². The van der Waals surface area contributed by atoms with E-state index in [-0.39, 0.29) is 51.8 Å². The van der Waals surface area contributed by atoms with Gasteiger partial charge in [-0.2, -0.15) is 0 Å². The van der Waals surface area contributed by atoms with Gasteiger partial charge in [0.2, 0.25) is 41.1 Å².